The average molecular weight is 176 g/mol. The van der Waals surface area contributed by atoms with Crippen molar-refractivity contribution in [2.45, 2.75) is 19.4 Å². The SMILES string of the molecule is CCONC(=O)C(N)CC(=O)O. The minimum Gasteiger partial charge on any atom is -0.481 e. The Labute approximate surface area is 69.6 Å². The molecule has 0 aromatic heterocycles. The van der Waals surface area contributed by atoms with Gasteiger partial charge < -0.3 is 10.8 Å². The first-order chi connectivity index (χ1) is 5.57. The maximum Gasteiger partial charge on any atom is 0.305 e. The second kappa shape index (κ2) is 5.50. The minimum atomic E-state index is -1.12. The number of hydrogen-bond donors (Lipinski definition) is 3. The first-order valence-electron chi connectivity index (χ1n) is 3.47. The van der Waals surface area contributed by atoms with Crippen LogP contribution in [-0.4, -0.2) is 29.6 Å². The Morgan fingerprint density at radius 3 is 2.67 bits per heavy atom. The third-order valence-electron chi connectivity index (χ3n) is 1.05. The topological polar surface area (TPSA) is 102 Å². The van der Waals surface area contributed by atoms with Gasteiger partial charge in [-0.2, -0.15) is 0 Å². The molecule has 0 heterocycles. The molecular weight excluding hydrogens is 164 g/mol. The van der Waals surface area contributed by atoms with Crippen molar-refractivity contribution in [3.05, 3.63) is 0 Å². The number of nitrogens with two attached hydrogens (primary N) is 1. The monoisotopic (exact) mass is 176 g/mol. The lowest BCUT2D eigenvalue weighted by molar-refractivity contribution is -0.142. The van der Waals surface area contributed by atoms with Gasteiger partial charge in [-0.15, -0.1) is 0 Å². The van der Waals surface area contributed by atoms with Gasteiger partial charge in [-0.3, -0.25) is 14.4 Å². The van der Waals surface area contributed by atoms with Gasteiger partial charge >= 0.3 is 5.97 Å². The van der Waals surface area contributed by atoms with E-state index in [0.29, 0.717) is 6.61 Å². The normalized spacial score (nSPS) is 12.2. The molecule has 0 aromatic rings. The first-order valence-corrected chi connectivity index (χ1v) is 3.47. The smallest absolute Gasteiger partial charge is 0.305 e. The van der Waals surface area contributed by atoms with Crippen LogP contribution in [0, 0.1) is 0 Å². The van der Waals surface area contributed by atoms with Crippen LogP contribution in [0.1, 0.15) is 13.3 Å². The van der Waals surface area contributed by atoms with Gasteiger partial charge in [0, 0.05) is 0 Å². The maximum absolute atomic E-state index is 10.8. The van der Waals surface area contributed by atoms with E-state index in [1.807, 2.05) is 5.48 Å². The van der Waals surface area contributed by atoms with Crippen molar-refractivity contribution >= 4 is 11.9 Å². The van der Waals surface area contributed by atoms with Crippen LogP contribution in [0.15, 0.2) is 0 Å². The van der Waals surface area contributed by atoms with Crippen molar-refractivity contribution in [2.75, 3.05) is 6.61 Å². The van der Waals surface area contributed by atoms with Gasteiger partial charge in [0.05, 0.1) is 19.1 Å². The van der Waals surface area contributed by atoms with Crippen LogP contribution < -0.4 is 11.2 Å². The Bertz CT molecular complexity index is 171. The van der Waals surface area contributed by atoms with E-state index in [-0.39, 0.29) is 0 Å². The number of carboxylic acids is 1. The molecule has 0 radical (unpaired) electrons. The van der Waals surface area contributed by atoms with Crippen molar-refractivity contribution in [3.8, 4) is 0 Å². The van der Waals surface area contributed by atoms with E-state index in [4.69, 9.17) is 10.8 Å². The number of rotatable bonds is 5. The molecule has 4 N–H and O–H groups in total. The summed E-state index contributed by atoms with van der Waals surface area (Å²) < 4.78 is 0. The molecule has 0 saturated heterocycles. The number of hydroxylamine groups is 1. The molecule has 0 aliphatic carbocycles. The summed E-state index contributed by atoms with van der Waals surface area (Å²) in [4.78, 5) is 25.4. The molecule has 6 nitrogen and oxygen atoms in total. The fraction of sp³-hybridized carbons (Fsp3) is 0.667. The predicted octanol–water partition coefficient (Wildman–Crippen LogP) is -1.14. The zero-order chi connectivity index (χ0) is 9.56. The first kappa shape index (κ1) is 10.9. The second-order valence-corrected chi connectivity index (χ2v) is 2.10. The molecule has 0 aliphatic rings. The lowest BCUT2D eigenvalue weighted by atomic mass is 10.2. The van der Waals surface area contributed by atoms with Gasteiger partial charge in [0.1, 0.15) is 0 Å². The highest BCUT2D eigenvalue weighted by Gasteiger charge is 2.16. The van der Waals surface area contributed by atoms with E-state index in [1.165, 1.54) is 0 Å². The molecule has 0 spiro atoms. The van der Waals surface area contributed by atoms with Crippen LogP contribution in [0.4, 0.5) is 0 Å². The molecule has 12 heavy (non-hydrogen) atoms. The van der Waals surface area contributed by atoms with Gasteiger partial charge in [-0.1, -0.05) is 0 Å². The van der Waals surface area contributed by atoms with Crippen molar-refractivity contribution < 1.29 is 19.5 Å². The summed E-state index contributed by atoms with van der Waals surface area (Å²) in [5.41, 5.74) is 7.20. The average Bonchev–Trinajstić information content (AvgIpc) is 1.98. The van der Waals surface area contributed by atoms with Crippen molar-refractivity contribution in [1.82, 2.24) is 5.48 Å². The van der Waals surface area contributed by atoms with E-state index in [2.05, 4.69) is 4.84 Å². The number of aliphatic carboxylic acids is 1. The van der Waals surface area contributed by atoms with Crippen molar-refractivity contribution in [3.63, 3.8) is 0 Å². The summed E-state index contributed by atoms with van der Waals surface area (Å²) >= 11 is 0. The van der Waals surface area contributed by atoms with Crippen LogP contribution in [0.2, 0.25) is 0 Å². The number of hydrogen-bond acceptors (Lipinski definition) is 4. The van der Waals surface area contributed by atoms with E-state index in [1.54, 1.807) is 6.92 Å². The predicted molar refractivity (Wildman–Crippen MR) is 40.0 cm³/mol. The molecule has 6 heteroatoms. The lowest BCUT2D eigenvalue weighted by Gasteiger charge is -2.08. The Balaban J connectivity index is 3.69. The third-order valence-corrected chi connectivity index (χ3v) is 1.05. The Morgan fingerprint density at radius 1 is 1.67 bits per heavy atom. The standard InChI is InChI=1S/C6H12N2O4/c1-2-12-8-6(11)4(7)3-5(9)10/h4H,2-3,7H2,1H3,(H,8,11)(H,9,10). The quantitative estimate of drug-likeness (QED) is 0.459. The molecule has 0 aliphatic heterocycles. The fourth-order valence-corrected chi connectivity index (χ4v) is 0.500. The number of carbonyl (C=O) groups excluding carboxylic acids is 1. The van der Waals surface area contributed by atoms with Crippen LogP contribution in [0.5, 0.6) is 0 Å². The number of carboxylic acid groups (broad SMARTS) is 1. The summed E-state index contributed by atoms with van der Waals surface area (Å²) in [5.74, 6) is -1.74. The third kappa shape index (κ3) is 4.64. The van der Waals surface area contributed by atoms with Gasteiger partial charge in [0.2, 0.25) is 0 Å². The molecule has 0 saturated carbocycles. The highest BCUT2D eigenvalue weighted by atomic mass is 16.6. The van der Waals surface area contributed by atoms with E-state index >= 15 is 0 Å². The number of amides is 1. The molecule has 0 bridgehead atoms. The molecular formula is C6H12N2O4. The largest absolute Gasteiger partial charge is 0.481 e. The van der Waals surface area contributed by atoms with Crippen LogP contribution in [0.25, 0.3) is 0 Å². The van der Waals surface area contributed by atoms with Crippen LogP contribution in [-0.2, 0) is 14.4 Å². The zero-order valence-corrected chi connectivity index (χ0v) is 6.74. The molecule has 1 atom stereocenters. The summed E-state index contributed by atoms with van der Waals surface area (Å²) in [6.45, 7) is 1.99. The summed E-state index contributed by atoms with van der Waals surface area (Å²) in [5, 5.41) is 8.26. The summed E-state index contributed by atoms with van der Waals surface area (Å²) in [6, 6.07) is -1.06. The Hall–Kier alpha value is -1.14. The highest BCUT2D eigenvalue weighted by molar-refractivity contribution is 5.85. The van der Waals surface area contributed by atoms with Crippen molar-refractivity contribution in [2.24, 2.45) is 5.73 Å². The van der Waals surface area contributed by atoms with E-state index in [0.717, 1.165) is 0 Å². The van der Waals surface area contributed by atoms with Gasteiger partial charge in [0.25, 0.3) is 5.91 Å². The van der Waals surface area contributed by atoms with E-state index in [9.17, 15) is 9.59 Å². The minimum absolute atomic E-state index is 0.311. The Morgan fingerprint density at radius 2 is 2.25 bits per heavy atom. The molecule has 0 rings (SSSR count). The number of carbonyl (C=O) groups is 2. The lowest BCUT2D eigenvalue weighted by Crippen LogP contribution is -2.41. The molecule has 1 unspecified atom stereocenters. The van der Waals surface area contributed by atoms with E-state index < -0.39 is 24.3 Å². The fourth-order valence-electron chi connectivity index (χ4n) is 0.500. The van der Waals surface area contributed by atoms with Crippen LogP contribution >= 0.6 is 0 Å². The van der Waals surface area contributed by atoms with Crippen molar-refractivity contribution in [1.29, 1.82) is 0 Å². The van der Waals surface area contributed by atoms with Gasteiger partial charge in [0.15, 0.2) is 0 Å². The molecule has 0 aromatic carbocycles. The maximum atomic E-state index is 10.8. The summed E-state index contributed by atoms with van der Waals surface area (Å²) in [6.07, 6.45) is -0.404. The van der Waals surface area contributed by atoms with Gasteiger partial charge in [-0.25, -0.2) is 5.48 Å². The van der Waals surface area contributed by atoms with Crippen LogP contribution in [0.3, 0.4) is 0 Å². The summed E-state index contributed by atoms with van der Waals surface area (Å²) in [7, 11) is 0. The van der Waals surface area contributed by atoms with Gasteiger partial charge in [-0.05, 0) is 6.92 Å². The second-order valence-electron chi connectivity index (χ2n) is 2.10. The zero-order valence-electron chi connectivity index (χ0n) is 6.74. The molecule has 0 fully saturated rings. The molecule has 70 valence electrons. The Kier molecular flexibility index (Phi) is 4.98. The number of nitrogens with one attached hydrogen (secondary N) is 1. The molecule has 1 amide bonds. The highest BCUT2D eigenvalue weighted by Crippen LogP contribution is 1.87.